The topological polar surface area (TPSA) is 101 Å². The van der Waals surface area contributed by atoms with Crippen LogP contribution in [0.5, 0.6) is 0 Å². The summed E-state index contributed by atoms with van der Waals surface area (Å²) in [4.78, 5) is 49.8. The summed E-state index contributed by atoms with van der Waals surface area (Å²) < 4.78 is 5.34. The number of benzene rings is 2. The quantitative estimate of drug-likeness (QED) is 0.567. The molecule has 0 spiro atoms. The zero-order chi connectivity index (χ0) is 25.7. The van der Waals surface area contributed by atoms with Gasteiger partial charge in [0.15, 0.2) is 5.78 Å². The molecule has 1 atom stereocenters. The predicted octanol–water partition coefficient (Wildman–Crippen LogP) is 4.13. The monoisotopic (exact) mass is 484 g/mol. The lowest BCUT2D eigenvalue weighted by molar-refractivity contribution is -0.127. The van der Waals surface area contributed by atoms with Crippen molar-refractivity contribution in [2.45, 2.75) is 33.5 Å². The molecule has 8 heteroatoms. The largest absolute Gasteiger partial charge is 0.445 e. The molecule has 36 heavy (non-hydrogen) atoms. The van der Waals surface area contributed by atoms with E-state index in [1.54, 1.807) is 51.2 Å². The van der Waals surface area contributed by atoms with Crippen molar-refractivity contribution in [1.82, 2.24) is 10.3 Å². The summed E-state index contributed by atoms with van der Waals surface area (Å²) in [5.41, 5.74) is 2.26. The maximum absolute atomic E-state index is 13.7. The molecule has 4 rings (SSSR count). The van der Waals surface area contributed by atoms with E-state index >= 15 is 0 Å². The van der Waals surface area contributed by atoms with Crippen molar-refractivity contribution in [2.24, 2.45) is 10.4 Å². The Morgan fingerprint density at radius 2 is 1.67 bits per heavy atom. The second-order valence-electron chi connectivity index (χ2n) is 9.42. The number of carbonyl (C=O) groups excluding carboxylic acids is 3. The molecule has 0 saturated heterocycles. The lowest BCUT2D eigenvalue weighted by atomic mass is 9.90. The second kappa shape index (κ2) is 10.5. The fourth-order valence-corrected chi connectivity index (χ4v) is 3.65. The van der Waals surface area contributed by atoms with Gasteiger partial charge in [-0.25, -0.2) is 9.79 Å². The van der Waals surface area contributed by atoms with E-state index in [0.29, 0.717) is 22.7 Å². The van der Waals surface area contributed by atoms with Crippen molar-refractivity contribution in [3.05, 3.63) is 95.8 Å². The Hall–Kier alpha value is -4.33. The van der Waals surface area contributed by atoms with Crippen molar-refractivity contribution in [2.75, 3.05) is 11.4 Å². The number of nitrogens with zero attached hydrogens (tertiary/aromatic N) is 3. The molecular weight excluding hydrogens is 456 g/mol. The van der Waals surface area contributed by atoms with Crippen LogP contribution in [-0.4, -0.2) is 41.2 Å². The SMILES string of the molecule is CC(C)(C)C(=O)CN1C(=O)C(NC(=O)OCc2ccccc2)N=C(c2ccccn2)c2ccccc21. The minimum atomic E-state index is -1.31. The Bertz CT molecular complexity index is 1280. The van der Waals surface area contributed by atoms with Gasteiger partial charge in [0.05, 0.1) is 23.6 Å². The number of hydrogen-bond donors (Lipinski definition) is 1. The number of ketones is 1. The van der Waals surface area contributed by atoms with E-state index in [4.69, 9.17) is 4.74 Å². The molecule has 0 aliphatic carbocycles. The number of amides is 2. The molecular formula is C28H28N4O4. The lowest BCUT2D eigenvalue weighted by Crippen LogP contribution is -2.50. The smallest absolute Gasteiger partial charge is 0.409 e. The number of fused-ring (bicyclic) bond motifs is 1. The Morgan fingerprint density at radius 1 is 0.972 bits per heavy atom. The summed E-state index contributed by atoms with van der Waals surface area (Å²) in [6, 6.07) is 21.8. The van der Waals surface area contributed by atoms with Crippen LogP contribution in [0.4, 0.5) is 10.5 Å². The van der Waals surface area contributed by atoms with Gasteiger partial charge in [0.25, 0.3) is 5.91 Å². The average Bonchev–Trinajstić information content (AvgIpc) is 2.99. The number of nitrogens with one attached hydrogen (secondary N) is 1. The molecule has 0 saturated carbocycles. The normalized spacial score (nSPS) is 15.4. The third-order valence-electron chi connectivity index (χ3n) is 5.72. The molecule has 184 valence electrons. The number of carbonyl (C=O) groups is 3. The molecule has 1 N–H and O–H groups in total. The van der Waals surface area contributed by atoms with Crippen LogP contribution in [0.3, 0.4) is 0 Å². The van der Waals surface area contributed by atoms with Gasteiger partial charge in [-0.1, -0.05) is 75.4 Å². The predicted molar refractivity (Wildman–Crippen MR) is 137 cm³/mol. The summed E-state index contributed by atoms with van der Waals surface area (Å²) in [5, 5.41) is 2.58. The first-order valence-corrected chi connectivity index (χ1v) is 11.6. The molecule has 0 radical (unpaired) electrons. The zero-order valence-corrected chi connectivity index (χ0v) is 20.5. The summed E-state index contributed by atoms with van der Waals surface area (Å²) in [6.07, 6.45) is -0.482. The van der Waals surface area contributed by atoms with Gasteiger partial charge in [-0.3, -0.25) is 19.9 Å². The van der Waals surface area contributed by atoms with Crippen LogP contribution in [0.25, 0.3) is 0 Å². The molecule has 8 nitrogen and oxygen atoms in total. The van der Waals surface area contributed by atoms with Gasteiger partial charge < -0.3 is 9.64 Å². The van der Waals surface area contributed by atoms with Gasteiger partial charge in [-0.15, -0.1) is 0 Å². The number of rotatable bonds is 6. The third kappa shape index (κ3) is 5.66. The van der Waals surface area contributed by atoms with Gasteiger partial charge in [-0.2, -0.15) is 0 Å². The fourth-order valence-electron chi connectivity index (χ4n) is 3.65. The van der Waals surface area contributed by atoms with Crippen molar-refractivity contribution >= 4 is 29.2 Å². The third-order valence-corrected chi connectivity index (χ3v) is 5.72. The Morgan fingerprint density at radius 3 is 2.36 bits per heavy atom. The van der Waals surface area contributed by atoms with Crippen molar-refractivity contribution < 1.29 is 19.1 Å². The van der Waals surface area contributed by atoms with Gasteiger partial charge >= 0.3 is 6.09 Å². The number of anilines is 1. The molecule has 2 heterocycles. The molecule has 0 fully saturated rings. The van der Waals surface area contributed by atoms with Crippen LogP contribution < -0.4 is 10.2 Å². The first-order chi connectivity index (χ1) is 17.2. The number of Topliss-reactive ketones (excluding diaryl/α,β-unsaturated/α-hetero) is 1. The Labute approximate surface area is 210 Å². The van der Waals surface area contributed by atoms with Crippen LogP contribution in [0.2, 0.25) is 0 Å². The van der Waals surface area contributed by atoms with Crippen LogP contribution in [-0.2, 0) is 20.9 Å². The summed E-state index contributed by atoms with van der Waals surface area (Å²) in [5.74, 6) is -0.667. The van der Waals surface area contributed by atoms with Gasteiger partial charge in [0, 0.05) is 17.2 Å². The zero-order valence-electron chi connectivity index (χ0n) is 20.5. The molecule has 2 amide bonds. The Kier molecular flexibility index (Phi) is 7.24. The van der Waals surface area contributed by atoms with Crippen molar-refractivity contribution in [3.63, 3.8) is 0 Å². The Balaban J connectivity index is 1.70. The number of aromatic nitrogens is 1. The van der Waals surface area contributed by atoms with Gasteiger partial charge in [-0.05, 0) is 23.8 Å². The van der Waals surface area contributed by atoms with Crippen LogP contribution in [0.1, 0.15) is 37.6 Å². The average molecular weight is 485 g/mol. The van der Waals surface area contributed by atoms with Crippen LogP contribution in [0, 0.1) is 5.41 Å². The number of para-hydroxylation sites is 1. The highest BCUT2D eigenvalue weighted by atomic mass is 16.5. The first-order valence-electron chi connectivity index (χ1n) is 11.6. The molecule has 1 unspecified atom stereocenters. The van der Waals surface area contributed by atoms with Crippen molar-refractivity contribution in [3.8, 4) is 0 Å². The summed E-state index contributed by atoms with van der Waals surface area (Å²) >= 11 is 0. The molecule has 1 aliphatic rings. The number of hydrogen-bond acceptors (Lipinski definition) is 6. The van der Waals surface area contributed by atoms with Crippen molar-refractivity contribution in [1.29, 1.82) is 0 Å². The van der Waals surface area contributed by atoms with E-state index in [0.717, 1.165) is 5.56 Å². The number of pyridine rings is 1. The minimum Gasteiger partial charge on any atom is -0.445 e. The van der Waals surface area contributed by atoms with Gasteiger partial charge in [0.2, 0.25) is 6.17 Å². The number of benzodiazepines with no additional fused rings is 1. The van der Waals surface area contributed by atoms with Crippen LogP contribution in [0.15, 0.2) is 84.0 Å². The van der Waals surface area contributed by atoms with E-state index in [9.17, 15) is 14.4 Å². The van der Waals surface area contributed by atoms with E-state index in [-0.39, 0.29) is 18.9 Å². The first kappa shape index (κ1) is 24.8. The molecule has 2 aromatic carbocycles. The van der Waals surface area contributed by atoms with Crippen LogP contribution >= 0.6 is 0 Å². The lowest BCUT2D eigenvalue weighted by Gasteiger charge is -2.27. The highest BCUT2D eigenvalue weighted by Gasteiger charge is 2.36. The minimum absolute atomic E-state index is 0.0385. The number of alkyl carbamates (subject to hydrolysis) is 1. The van der Waals surface area contributed by atoms with E-state index in [2.05, 4.69) is 15.3 Å². The fraction of sp³-hybridized carbons (Fsp3) is 0.250. The van der Waals surface area contributed by atoms with Gasteiger partial charge in [0.1, 0.15) is 6.61 Å². The van der Waals surface area contributed by atoms with E-state index in [1.807, 2.05) is 48.5 Å². The number of ether oxygens (including phenoxy) is 1. The standard InChI is InChI=1S/C28H28N4O4/c1-28(2,3)23(33)17-32-22-15-8-7-13-20(22)24(21-14-9-10-16-29-21)30-25(26(32)34)31-27(35)36-18-19-11-5-4-6-12-19/h4-16,25H,17-18H2,1-3H3,(H,31,35). The summed E-state index contributed by atoms with van der Waals surface area (Å²) in [6.45, 7) is 5.28. The molecule has 1 aromatic heterocycles. The highest BCUT2D eigenvalue weighted by Crippen LogP contribution is 2.29. The summed E-state index contributed by atoms with van der Waals surface area (Å²) in [7, 11) is 0. The van der Waals surface area contributed by atoms with E-state index in [1.165, 1.54) is 4.90 Å². The highest BCUT2D eigenvalue weighted by molar-refractivity contribution is 6.20. The number of aliphatic imine (C=N–C) groups is 1. The molecule has 1 aliphatic heterocycles. The van der Waals surface area contributed by atoms with E-state index < -0.39 is 23.6 Å². The molecule has 0 bridgehead atoms. The maximum Gasteiger partial charge on any atom is 0.409 e. The maximum atomic E-state index is 13.7. The molecule has 3 aromatic rings. The second-order valence-corrected chi connectivity index (χ2v) is 9.42.